The third kappa shape index (κ3) is 5.42. The van der Waals surface area contributed by atoms with E-state index in [1.165, 1.54) is 0 Å². The molecule has 0 radical (unpaired) electrons. The number of amides is 1. The van der Waals surface area contributed by atoms with Crippen molar-refractivity contribution in [3.05, 3.63) is 90.0 Å². The van der Waals surface area contributed by atoms with Crippen molar-refractivity contribution in [3.63, 3.8) is 0 Å². The second-order valence-corrected chi connectivity index (χ2v) is 7.40. The molecule has 160 valence electrons. The molecule has 3 aromatic carbocycles. The minimum atomic E-state index is -0.247. The van der Waals surface area contributed by atoms with Crippen LogP contribution in [0.1, 0.15) is 0 Å². The van der Waals surface area contributed by atoms with E-state index >= 15 is 0 Å². The molecule has 1 amide bonds. The highest BCUT2D eigenvalue weighted by Crippen LogP contribution is 2.27. The van der Waals surface area contributed by atoms with Crippen LogP contribution < -0.4 is 15.4 Å². The predicted molar refractivity (Wildman–Crippen MR) is 128 cm³/mol. The lowest BCUT2D eigenvalue weighted by atomic mass is 10.1. The summed E-state index contributed by atoms with van der Waals surface area (Å²) in [7, 11) is 1.62. The van der Waals surface area contributed by atoms with Crippen molar-refractivity contribution >= 4 is 29.1 Å². The van der Waals surface area contributed by atoms with Gasteiger partial charge in [-0.3, -0.25) is 10.1 Å². The monoisotopic (exact) mass is 444 g/mol. The Kier molecular flexibility index (Phi) is 6.63. The zero-order valence-electron chi connectivity index (χ0n) is 17.4. The predicted octanol–water partition coefficient (Wildman–Crippen LogP) is 5.52. The van der Waals surface area contributed by atoms with E-state index in [1.54, 1.807) is 19.2 Å². The Balaban J connectivity index is 1.61. The number of ether oxygens (including phenoxy) is 1. The summed E-state index contributed by atoms with van der Waals surface area (Å²) in [5, 5.41) is 6.51. The number of carbonyl (C=O) groups is 1. The Morgan fingerprint density at radius 3 is 2.06 bits per heavy atom. The number of para-hydroxylation sites is 1. The highest BCUT2D eigenvalue weighted by molar-refractivity contribution is 6.30. The molecule has 1 heterocycles. The van der Waals surface area contributed by atoms with E-state index in [-0.39, 0.29) is 18.4 Å². The summed E-state index contributed by atoms with van der Waals surface area (Å²) in [5.74, 6) is 0.729. The summed E-state index contributed by atoms with van der Waals surface area (Å²) in [6.45, 7) is 0.0937. The Bertz CT molecular complexity index is 1200. The van der Waals surface area contributed by atoms with E-state index in [4.69, 9.17) is 16.3 Å². The van der Waals surface area contributed by atoms with Crippen molar-refractivity contribution in [2.45, 2.75) is 0 Å². The lowest BCUT2D eigenvalue weighted by Crippen LogP contribution is -2.23. The molecule has 4 aromatic rings. The fraction of sp³-hybridized carbons (Fsp3) is 0.0800. The first-order chi connectivity index (χ1) is 15.6. The molecule has 0 unspecified atom stereocenters. The molecule has 0 aliphatic rings. The average molecular weight is 445 g/mol. The molecule has 0 atom stereocenters. The molecular formula is C25H21ClN4O2. The maximum atomic E-state index is 12.5. The van der Waals surface area contributed by atoms with Crippen LogP contribution in [0.5, 0.6) is 5.75 Å². The summed E-state index contributed by atoms with van der Waals surface area (Å²) in [6.07, 6.45) is 0. The molecule has 6 nitrogen and oxygen atoms in total. The van der Waals surface area contributed by atoms with Crippen molar-refractivity contribution in [1.29, 1.82) is 0 Å². The SMILES string of the molecule is COc1ccc(-c2cc(-c3ccc(Cl)cc3)nc(NC(=O)CNc3ccccc3)n2)cc1. The van der Waals surface area contributed by atoms with Crippen molar-refractivity contribution in [2.75, 3.05) is 24.3 Å². The van der Waals surface area contributed by atoms with Gasteiger partial charge in [0.2, 0.25) is 11.9 Å². The van der Waals surface area contributed by atoms with Gasteiger partial charge in [0, 0.05) is 21.8 Å². The maximum Gasteiger partial charge on any atom is 0.246 e. The highest BCUT2D eigenvalue weighted by atomic mass is 35.5. The lowest BCUT2D eigenvalue weighted by molar-refractivity contribution is -0.114. The summed E-state index contributed by atoms with van der Waals surface area (Å²) in [5.41, 5.74) is 3.95. The molecule has 0 aliphatic heterocycles. The van der Waals surface area contributed by atoms with E-state index in [2.05, 4.69) is 20.6 Å². The summed E-state index contributed by atoms with van der Waals surface area (Å²) in [4.78, 5) is 21.6. The molecule has 4 rings (SSSR count). The first-order valence-electron chi connectivity index (χ1n) is 9.99. The van der Waals surface area contributed by atoms with Crippen molar-refractivity contribution < 1.29 is 9.53 Å². The average Bonchev–Trinajstić information content (AvgIpc) is 2.84. The van der Waals surface area contributed by atoms with E-state index in [0.717, 1.165) is 22.6 Å². The second kappa shape index (κ2) is 9.94. The van der Waals surface area contributed by atoms with Crippen LogP contribution in [-0.4, -0.2) is 29.5 Å². The van der Waals surface area contributed by atoms with Gasteiger partial charge >= 0.3 is 0 Å². The molecule has 0 bridgehead atoms. The number of hydrogen-bond acceptors (Lipinski definition) is 5. The van der Waals surface area contributed by atoms with Crippen LogP contribution in [0.3, 0.4) is 0 Å². The van der Waals surface area contributed by atoms with E-state index in [0.29, 0.717) is 16.4 Å². The first kappa shape index (κ1) is 21.3. The number of nitrogens with one attached hydrogen (secondary N) is 2. The van der Waals surface area contributed by atoms with Gasteiger partial charge in [-0.05, 0) is 54.6 Å². The third-order valence-electron chi connectivity index (χ3n) is 4.73. The van der Waals surface area contributed by atoms with Crippen LogP contribution in [0.25, 0.3) is 22.5 Å². The van der Waals surface area contributed by atoms with Gasteiger partial charge < -0.3 is 10.1 Å². The first-order valence-corrected chi connectivity index (χ1v) is 10.4. The third-order valence-corrected chi connectivity index (χ3v) is 4.98. The molecule has 0 fully saturated rings. The second-order valence-electron chi connectivity index (χ2n) is 6.97. The van der Waals surface area contributed by atoms with Crippen LogP contribution >= 0.6 is 11.6 Å². The minimum Gasteiger partial charge on any atom is -0.497 e. The molecule has 7 heteroatoms. The van der Waals surface area contributed by atoms with Crippen molar-refractivity contribution in [1.82, 2.24) is 9.97 Å². The van der Waals surface area contributed by atoms with Gasteiger partial charge in [0.25, 0.3) is 0 Å². The van der Waals surface area contributed by atoms with E-state index in [9.17, 15) is 4.79 Å². The maximum absolute atomic E-state index is 12.5. The Morgan fingerprint density at radius 2 is 1.47 bits per heavy atom. The lowest BCUT2D eigenvalue weighted by Gasteiger charge is -2.11. The number of halogens is 1. The number of anilines is 2. The fourth-order valence-corrected chi connectivity index (χ4v) is 3.21. The molecule has 0 aliphatic carbocycles. The quantitative estimate of drug-likeness (QED) is 0.392. The van der Waals surface area contributed by atoms with Gasteiger partial charge in [0.1, 0.15) is 5.75 Å². The molecule has 1 aromatic heterocycles. The van der Waals surface area contributed by atoms with Gasteiger partial charge in [-0.25, -0.2) is 9.97 Å². The number of hydrogen-bond donors (Lipinski definition) is 2. The van der Waals surface area contributed by atoms with Crippen LogP contribution in [0, 0.1) is 0 Å². The molecule has 0 saturated heterocycles. The Labute approximate surface area is 191 Å². The van der Waals surface area contributed by atoms with Crippen LogP contribution in [0.15, 0.2) is 84.9 Å². The number of carbonyl (C=O) groups excluding carboxylic acids is 1. The standard InChI is InChI=1S/C25H21ClN4O2/c1-32-21-13-9-18(10-14-21)23-15-22(17-7-11-19(26)12-8-17)28-25(29-23)30-24(31)16-27-20-5-3-2-4-6-20/h2-15,27H,16H2,1H3,(H,28,29,30,31). The van der Waals surface area contributed by atoms with Crippen LogP contribution in [-0.2, 0) is 4.79 Å². The van der Waals surface area contributed by atoms with Crippen molar-refractivity contribution in [2.24, 2.45) is 0 Å². The number of aromatic nitrogens is 2. The topological polar surface area (TPSA) is 76.1 Å². The number of methoxy groups -OCH3 is 1. The fourth-order valence-electron chi connectivity index (χ4n) is 3.09. The molecule has 0 spiro atoms. The van der Waals surface area contributed by atoms with Gasteiger partial charge in [-0.2, -0.15) is 0 Å². The van der Waals surface area contributed by atoms with Gasteiger partial charge in [0.15, 0.2) is 0 Å². The number of rotatable bonds is 7. The minimum absolute atomic E-state index is 0.0937. The van der Waals surface area contributed by atoms with E-state index < -0.39 is 0 Å². The highest BCUT2D eigenvalue weighted by Gasteiger charge is 2.12. The van der Waals surface area contributed by atoms with E-state index in [1.807, 2.05) is 72.8 Å². The van der Waals surface area contributed by atoms with Gasteiger partial charge in [-0.15, -0.1) is 0 Å². The molecule has 0 saturated carbocycles. The zero-order valence-corrected chi connectivity index (χ0v) is 18.1. The Hall–Kier alpha value is -3.90. The normalized spacial score (nSPS) is 10.4. The van der Waals surface area contributed by atoms with Crippen LogP contribution in [0.4, 0.5) is 11.6 Å². The number of benzene rings is 3. The smallest absolute Gasteiger partial charge is 0.246 e. The molecular weight excluding hydrogens is 424 g/mol. The molecule has 2 N–H and O–H groups in total. The van der Waals surface area contributed by atoms with Crippen LogP contribution in [0.2, 0.25) is 5.02 Å². The summed E-state index contributed by atoms with van der Waals surface area (Å²) in [6, 6.07) is 26.3. The largest absolute Gasteiger partial charge is 0.497 e. The van der Waals surface area contributed by atoms with Gasteiger partial charge in [0.05, 0.1) is 25.0 Å². The zero-order chi connectivity index (χ0) is 22.3. The Morgan fingerprint density at radius 1 is 0.875 bits per heavy atom. The number of nitrogens with zero attached hydrogens (tertiary/aromatic N) is 2. The summed E-state index contributed by atoms with van der Waals surface area (Å²) < 4.78 is 5.24. The van der Waals surface area contributed by atoms with Crippen molar-refractivity contribution in [3.8, 4) is 28.3 Å². The van der Waals surface area contributed by atoms with Gasteiger partial charge in [-0.1, -0.05) is 41.9 Å². The summed E-state index contributed by atoms with van der Waals surface area (Å²) >= 11 is 6.03. The molecule has 32 heavy (non-hydrogen) atoms.